The average Bonchev–Trinajstić information content (AvgIpc) is 2.33. The molecule has 0 aliphatic carbocycles. The molecule has 0 heterocycles. The Bertz CT molecular complexity index is 379. The van der Waals surface area contributed by atoms with Crippen molar-refractivity contribution in [2.24, 2.45) is 0 Å². The van der Waals surface area contributed by atoms with Crippen LogP contribution in [0.3, 0.4) is 0 Å². The first kappa shape index (κ1) is 14.4. The molecule has 4 nitrogen and oxygen atoms in total. The number of hydrogen-bond acceptors (Lipinski definition) is 3. The zero-order valence-corrected chi connectivity index (χ0v) is 10.8. The summed E-state index contributed by atoms with van der Waals surface area (Å²) < 4.78 is 0. The van der Waals surface area contributed by atoms with Gasteiger partial charge in [-0.15, -0.1) is 0 Å². The van der Waals surface area contributed by atoms with Crippen molar-refractivity contribution in [3.05, 3.63) is 24.3 Å². The number of rotatable bonds is 8. The highest BCUT2D eigenvalue weighted by Gasteiger charge is 2.05. The number of hydrogen-bond donors (Lipinski definition) is 2. The summed E-state index contributed by atoms with van der Waals surface area (Å²) in [6.45, 7) is 3.84. The van der Waals surface area contributed by atoms with Crippen molar-refractivity contribution in [2.75, 3.05) is 18.0 Å². The highest BCUT2D eigenvalue weighted by atomic mass is 16.4. The predicted octanol–water partition coefficient (Wildman–Crippen LogP) is 2.86. The lowest BCUT2D eigenvalue weighted by Gasteiger charge is -2.23. The summed E-state index contributed by atoms with van der Waals surface area (Å²) in [6.07, 6.45) is 2.86. The molecule has 0 fully saturated rings. The molecule has 0 saturated heterocycles. The van der Waals surface area contributed by atoms with Crippen LogP contribution in [0.4, 0.5) is 5.69 Å². The van der Waals surface area contributed by atoms with E-state index in [1.165, 1.54) is 0 Å². The summed E-state index contributed by atoms with van der Waals surface area (Å²) >= 11 is 0. The lowest BCUT2D eigenvalue weighted by Crippen LogP contribution is -2.23. The number of nitrogens with zero attached hydrogens (tertiary/aromatic N) is 1. The van der Waals surface area contributed by atoms with Crippen LogP contribution in [0.5, 0.6) is 5.75 Å². The number of unbranched alkanes of at least 4 members (excludes halogenated alkanes) is 2. The minimum Gasteiger partial charge on any atom is -0.508 e. The molecule has 0 aromatic heterocycles. The summed E-state index contributed by atoms with van der Waals surface area (Å²) in [7, 11) is 0. The Balaban J connectivity index is 2.36. The zero-order chi connectivity index (χ0) is 13.4. The van der Waals surface area contributed by atoms with Crippen molar-refractivity contribution in [2.45, 2.75) is 32.6 Å². The monoisotopic (exact) mass is 251 g/mol. The number of carbonyl (C=O) groups is 1. The molecular weight excluding hydrogens is 230 g/mol. The van der Waals surface area contributed by atoms with Gasteiger partial charge in [0.2, 0.25) is 0 Å². The molecule has 18 heavy (non-hydrogen) atoms. The maximum Gasteiger partial charge on any atom is 0.303 e. The topological polar surface area (TPSA) is 60.8 Å². The number of aromatic hydroxyl groups is 1. The third-order valence-corrected chi connectivity index (χ3v) is 2.90. The van der Waals surface area contributed by atoms with Crippen molar-refractivity contribution in [1.29, 1.82) is 0 Å². The van der Waals surface area contributed by atoms with E-state index in [1.54, 1.807) is 12.1 Å². The van der Waals surface area contributed by atoms with Crippen LogP contribution in [0, 0.1) is 0 Å². The normalized spacial score (nSPS) is 10.3. The van der Waals surface area contributed by atoms with Crippen molar-refractivity contribution >= 4 is 11.7 Å². The molecule has 0 amide bonds. The number of phenolic OH excluding ortho intramolecular Hbond substituents is 1. The molecule has 1 rings (SSSR count). The summed E-state index contributed by atoms with van der Waals surface area (Å²) in [5, 5.41) is 18.0. The SMILES string of the molecule is CCN(CCCCCC(=O)O)c1cccc(O)c1. The van der Waals surface area contributed by atoms with Gasteiger partial charge in [0.05, 0.1) is 0 Å². The van der Waals surface area contributed by atoms with Crippen molar-refractivity contribution in [3.8, 4) is 5.75 Å². The Labute approximate surface area is 108 Å². The van der Waals surface area contributed by atoms with Gasteiger partial charge in [-0.25, -0.2) is 0 Å². The summed E-state index contributed by atoms with van der Waals surface area (Å²) in [5.74, 6) is -0.452. The van der Waals surface area contributed by atoms with Crippen LogP contribution < -0.4 is 4.90 Å². The molecular formula is C14H21NO3. The summed E-state index contributed by atoms with van der Waals surface area (Å²) in [5.41, 5.74) is 1.01. The van der Waals surface area contributed by atoms with Crippen molar-refractivity contribution in [3.63, 3.8) is 0 Å². The number of carboxylic acids is 1. The lowest BCUT2D eigenvalue weighted by molar-refractivity contribution is -0.137. The van der Waals surface area contributed by atoms with Crippen LogP contribution in [-0.2, 0) is 4.79 Å². The Hall–Kier alpha value is -1.71. The second kappa shape index (κ2) is 7.58. The zero-order valence-electron chi connectivity index (χ0n) is 10.8. The molecule has 0 saturated carbocycles. The van der Waals surface area contributed by atoms with Gasteiger partial charge in [-0.05, 0) is 31.9 Å². The second-order valence-corrected chi connectivity index (χ2v) is 4.30. The third-order valence-electron chi connectivity index (χ3n) is 2.90. The van der Waals surface area contributed by atoms with Gasteiger partial charge in [0, 0.05) is 31.3 Å². The standard InChI is InChI=1S/C14H21NO3/c1-2-15(10-5-3-4-9-14(17)18)12-7-6-8-13(16)11-12/h6-8,11,16H,2-5,9-10H2,1H3,(H,17,18). The van der Waals surface area contributed by atoms with Crippen LogP contribution >= 0.6 is 0 Å². The van der Waals surface area contributed by atoms with Crippen molar-refractivity contribution in [1.82, 2.24) is 0 Å². The molecule has 0 radical (unpaired) electrons. The summed E-state index contributed by atoms with van der Waals surface area (Å²) in [6, 6.07) is 7.21. The number of carboxylic acid groups (broad SMARTS) is 1. The van der Waals surface area contributed by atoms with E-state index in [4.69, 9.17) is 5.11 Å². The Morgan fingerprint density at radius 1 is 1.28 bits per heavy atom. The first-order chi connectivity index (χ1) is 8.63. The van der Waals surface area contributed by atoms with Crippen LogP contribution in [0.15, 0.2) is 24.3 Å². The van der Waals surface area contributed by atoms with Gasteiger partial charge in [-0.1, -0.05) is 12.5 Å². The first-order valence-electron chi connectivity index (χ1n) is 6.39. The lowest BCUT2D eigenvalue weighted by atomic mass is 10.2. The second-order valence-electron chi connectivity index (χ2n) is 4.30. The third kappa shape index (κ3) is 5.08. The fourth-order valence-electron chi connectivity index (χ4n) is 1.92. The van der Waals surface area contributed by atoms with E-state index in [0.29, 0.717) is 0 Å². The van der Waals surface area contributed by atoms with Gasteiger partial charge in [-0.3, -0.25) is 4.79 Å². The van der Waals surface area contributed by atoms with E-state index >= 15 is 0 Å². The molecule has 0 aliphatic heterocycles. The molecule has 0 spiro atoms. The van der Waals surface area contributed by atoms with Gasteiger partial charge >= 0.3 is 5.97 Å². The molecule has 2 N–H and O–H groups in total. The van der Waals surface area contributed by atoms with Crippen LogP contribution in [-0.4, -0.2) is 29.3 Å². The minimum absolute atomic E-state index is 0.248. The van der Waals surface area contributed by atoms with Gasteiger partial charge < -0.3 is 15.1 Å². The maximum atomic E-state index is 10.4. The van der Waals surface area contributed by atoms with Crippen LogP contribution in [0.25, 0.3) is 0 Å². The van der Waals surface area contributed by atoms with E-state index < -0.39 is 5.97 Å². The van der Waals surface area contributed by atoms with E-state index in [-0.39, 0.29) is 12.2 Å². The average molecular weight is 251 g/mol. The molecule has 0 bridgehead atoms. The molecule has 0 atom stereocenters. The van der Waals surface area contributed by atoms with E-state index in [0.717, 1.165) is 38.0 Å². The van der Waals surface area contributed by atoms with Gasteiger partial charge in [0.15, 0.2) is 0 Å². The first-order valence-corrected chi connectivity index (χ1v) is 6.39. The molecule has 0 unspecified atom stereocenters. The quantitative estimate of drug-likeness (QED) is 0.697. The van der Waals surface area contributed by atoms with Crippen LogP contribution in [0.2, 0.25) is 0 Å². The Kier molecular flexibility index (Phi) is 6.05. The highest BCUT2D eigenvalue weighted by Crippen LogP contribution is 2.20. The minimum atomic E-state index is -0.727. The largest absolute Gasteiger partial charge is 0.508 e. The fourth-order valence-corrected chi connectivity index (χ4v) is 1.92. The molecule has 4 heteroatoms. The van der Waals surface area contributed by atoms with E-state index in [1.807, 2.05) is 12.1 Å². The van der Waals surface area contributed by atoms with Crippen LogP contribution in [0.1, 0.15) is 32.6 Å². The Morgan fingerprint density at radius 3 is 2.67 bits per heavy atom. The molecule has 1 aromatic carbocycles. The predicted molar refractivity (Wildman–Crippen MR) is 72.1 cm³/mol. The number of benzene rings is 1. The molecule has 0 aliphatic rings. The smallest absolute Gasteiger partial charge is 0.303 e. The van der Waals surface area contributed by atoms with E-state index in [2.05, 4.69) is 11.8 Å². The Morgan fingerprint density at radius 2 is 2.06 bits per heavy atom. The molecule has 1 aromatic rings. The maximum absolute atomic E-state index is 10.4. The molecule has 100 valence electrons. The summed E-state index contributed by atoms with van der Waals surface area (Å²) in [4.78, 5) is 12.6. The van der Waals surface area contributed by atoms with E-state index in [9.17, 15) is 9.90 Å². The van der Waals surface area contributed by atoms with Gasteiger partial charge in [0.25, 0.3) is 0 Å². The number of anilines is 1. The number of aliphatic carboxylic acids is 1. The highest BCUT2D eigenvalue weighted by molar-refractivity contribution is 5.66. The number of phenols is 1. The van der Waals surface area contributed by atoms with Crippen molar-refractivity contribution < 1.29 is 15.0 Å². The van der Waals surface area contributed by atoms with Gasteiger partial charge in [0.1, 0.15) is 5.75 Å². The fraction of sp³-hybridized carbons (Fsp3) is 0.500. The van der Waals surface area contributed by atoms with Gasteiger partial charge in [-0.2, -0.15) is 0 Å².